The zero-order chi connectivity index (χ0) is 23.5. The quantitative estimate of drug-likeness (QED) is 0.274. The number of nitrogens with zero attached hydrogens (tertiary/aromatic N) is 1. The maximum atomic E-state index is 15.0. The number of amidine groups is 1. The van der Waals surface area contributed by atoms with Crippen LogP contribution in [0.3, 0.4) is 0 Å². The fourth-order valence-electron chi connectivity index (χ4n) is 3.37. The van der Waals surface area contributed by atoms with Gasteiger partial charge in [0.05, 0.1) is 11.9 Å². The zero-order valence-corrected chi connectivity index (χ0v) is 19.4. The highest BCUT2D eigenvalue weighted by Crippen LogP contribution is 2.26. The van der Waals surface area contributed by atoms with Crippen LogP contribution in [0.25, 0.3) is 16.5 Å². The number of allylic oxidation sites excluding steroid dienone is 3. The van der Waals surface area contributed by atoms with Crippen LogP contribution in [0.2, 0.25) is 0 Å². The number of aromatic nitrogens is 1. The second-order valence-electron chi connectivity index (χ2n) is 7.38. The van der Waals surface area contributed by atoms with E-state index in [4.69, 9.17) is 8.76 Å². The molecule has 174 valence electrons. The Bertz CT molecular complexity index is 1070. The van der Waals surface area contributed by atoms with Crippen molar-refractivity contribution in [2.45, 2.75) is 39.2 Å². The Morgan fingerprint density at radius 3 is 2.66 bits per heavy atom. The topological polar surface area (TPSA) is 109 Å². The van der Waals surface area contributed by atoms with Gasteiger partial charge in [0.2, 0.25) is 5.56 Å². The summed E-state index contributed by atoms with van der Waals surface area (Å²) < 4.78 is 33.0. The summed E-state index contributed by atoms with van der Waals surface area (Å²) in [4.78, 5) is 18.9. The molecule has 3 rings (SSSR count). The van der Waals surface area contributed by atoms with Crippen molar-refractivity contribution in [3.63, 3.8) is 0 Å². The predicted molar refractivity (Wildman–Crippen MR) is 129 cm³/mol. The highest BCUT2D eigenvalue weighted by atomic mass is 32.2. The molecule has 0 radical (unpaired) electrons. The number of piperidine rings is 1. The van der Waals surface area contributed by atoms with Gasteiger partial charge in [-0.25, -0.2) is 4.39 Å². The van der Waals surface area contributed by atoms with Crippen LogP contribution >= 0.6 is 0 Å². The number of hydrogen-bond acceptors (Lipinski definition) is 5. The summed E-state index contributed by atoms with van der Waals surface area (Å²) in [5.74, 6) is 0.375. The molecule has 1 aromatic heterocycles. The van der Waals surface area contributed by atoms with Gasteiger partial charge in [-0.1, -0.05) is 30.1 Å². The molecule has 9 heteroatoms. The van der Waals surface area contributed by atoms with Gasteiger partial charge in [-0.3, -0.25) is 14.0 Å². The molecule has 0 saturated carbocycles. The molecule has 0 aliphatic carbocycles. The fraction of sp³-hybridized carbons (Fsp3) is 0.391. The average Bonchev–Trinajstić information content (AvgIpc) is 2.76. The molecule has 7 nitrogen and oxygen atoms in total. The molecule has 1 aliphatic rings. The van der Waals surface area contributed by atoms with Crippen molar-refractivity contribution >= 4 is 33.4 Å². The average molecular weight is 462 g/mol. The monoisotopic (exact) mass is 461 g/mol. The number of fused-ring (bicyclic) bond motifs is 1. The van der Waals surface area contributed by atoms with Gasteiger partial charge in [0.25, 0.3) is 0 Å². The minimum atomic E-state index is -1.86. The minimum Gasteiger partial charge on any atom is -0.773 e. The molecule has 3 N–H and O–H groups in total. The Morgan fingerprint density at radius 2 is 2.00 bits per heavy atom. The lowest BCUT2D eigenvalue weighted by Gasteiger charge is -2.19. The van der Waals surface area contributed by atoms with Crippen molar-refractivity contribution < 1.29 is 13.2 Å². The summed E-state index contributed by atoms with van der Waals surface area (Å²) in [5.41, 5.74) is 1.88. The normalized spacial score (nSPS) is 17.0. The first kappa shape index (κ1) is 25.6. The number of nitrogens with one attached hydrogen (secondary N) is 3. The van der Waals surface area contributed by atoms with Crippen LogP contribution < -0.4 is 16.2 Å². The summed E-state index contributed by atoms with van der Waals surface area (Å²) in [7, 11) is 0. The van der Waals surface area contributed by atoms with Crippen molar-refractivity contribution in [1.29, 1.82) is 0 Å². The Balaban J connectivity index is 0.000000837. The fourth-order valence-corrected chi connectivity index (χ4v) is 3.37. The van der Waals surface area contributed by atoms with Crippen molar-refractivity contribution in [2.24, 2.45) is 4.99 Å². The molecular formula is C23H30FN4O3S-. The molecule has 2 aromatic rings. The molecule has 0 bridgehead atoms. The van der Waals surface area contributed by atoms with Gasteiger partial charge >= 0.3 is 0 Å². The van der Waals surface area contributed by atoms with E-state index < -0.39 is 11.1 Å². The summed E-state index contributed by atoms with van der Waals surface area (Å²) in [6.07, 6.45) is 7.04. The molecule has 1 aliphatic heterocycles. The highest BCUT2D eigenvalue weighted by Gasteiger charge is 2.12. The van der Waals surface area contributed by atoms with Gasteiger partial charge in [0.15, 0.2) is 0 Å². The molecule has 2 heterocycles. The molecule has 0 spiro atoms. The third-order valence-electron chi connectivity index (χ3n) is 4.79. The molecule has 1 atom stereocenters. The van der Waals surface area contributed by atoms with Gasteiger partial charge in [-0.15, -0.1) is 0 Å². The summed E-state index contributed by atoms with van der Waals surface area (Å²) in [6, 6.07) is 9.03. The van der Waals surface area contributed by atoms with Crippen LogP contribution in [-0.2, 0) is 11.1 Å². The van der Waals surface area contributed by atoms with Crippen LogP contribution in [0.5, 0.6) is 0 Å². The van der Waals surface area contributed by atoms with Crippen LogP contribution in [0.15, 0.2) is 58.2 Å². The highest BCUT2D eigenvalue weighted by molar-refractivity contribution is 7.78. The summed E-state index contributed by atoms with van der Waals surface area (Å²) >= 11 is -1.86. The Labute approximate surface area is 190 Å². The Morgan fingerprint density at radius 1 is 1.31 bits per heavy atom. The maximum Gasteiger partial charge on any atom is 0.248 e. The van der Waals surface area contributed by atoms with Crippen molar-refractivity contribution in [2.75, 3.05) is 19.3 Å². The van der Waals surface area contributed by atoms with Gasteiger partial charge in [-0.2, -0.15) is 0 Å². The molecule has 1 saturated heterocycles. The third kappa shape index (κ3) is 8.49. The molecule has 0 amide bonds. The first-order valence-corrected chi connectivity index (χ1v) is 12.0. The van der Waals surface area contributed by atoms with Crippen molar-refractivity contribution in [3.05, 3.63) is 64.4 Å². The second-order valence-corrected chi connectivity index (χ2v) is 8.19. The number of H-pyrrole nitrogens is 1. The number of halogens is 1. The van der Waals surface area contributed by atoms with E-state index >= 15 is 0 Å². The van der Waals surface area contributed by atoms with E-state index in [0.29, 0.717) is 23.9 Å². The molecule has 1 unspecified atom stereocenters. The molecular weight excluding hydrogens is 431 g/mol. The van der Waals surface area contributed by atoms with E-state index in [0.717, 1.165) is 48.7 Å². The number of hydrogen-bond donors (Lipinski definition) is 3. The largest absolute Gasteiger partial charge is 0.773 e. The van der Waals surface area contributed by atoms with Gasteiger partial charge < -0.3 is 20.2 Å². The lowest BCUT2D eigenvalue weighted by Crippen LogP contribution is -2.31. The first-order valence-electron chi connectivity index (χ1n) is 10.5. The van der Waals surface area contributed by atoms with Crippen molar-refractivity contribution in [3.8, 4) is 0 Å². The molecule has 1 aromatic carbocycles. The standard InChI is InChI=1S/C22H27FN4O.CH4O2S/c1-3-4-19(16-5-7-21-17(13-16)6-8-22(28)27-21)20(23)14-25-15(2)26-18-9-11-24-12-10-18;1-4(2)3/h4-8,13-14,18,24H,3,9-12H2,1-2H3,(H,25,26)(H,27,28);1H3,(H,2,3)/p-1/b19-4+,20-14+;. The van der Waals surface area contributed by atoms with E-state index in [1.54, 1.807) is 12.1 Å². The number of pyridine rings is 1. The van der Waals surface area contributed by atoms with E-state index in [1.165, 1.54) is 12.3 Å². The lowest BCUT2D eigenvalue weighted by molar-refractivity contribution is 0.459. The number of rotatable bonds is 5. The molecule has 32 heavy (non-hydrogen) atoms. The summed E-state index contributed by atoms with van der Waals surface area (Å²) in [6.45, 7) is 5.79. The first-order chi connectivity index (χ1) is 15.3. The van der Waals surface area contributed by atoms with E-state index in [9.17, 15) is 9.18 Å². The SMILES string of the molecule is CC/C=C(/C(F)=C\NC(C)=NC1CCNCC1)c1ccc2[nH]c(=O)ccc2c1.CS(=O)[O-]. The second kappa shape index (κ2) is 13.0. The van der Waals surface area contributed by atoms with Crippen LogP contribution in [0.4, 0.5) is 4.39 Å². The Kier molecular flexibility index (Phi) is 10.5. The smallest absolute Gasteiger partial charge is 0.248 e. The lowest BCUT2D eigenvalue weighted by atomic mass is 10.0. The number of aliphatic imine (C=N–C) groups is 1. The Hall–Kier alpha value is -2.62. The third-order valence-corrected chi connectivity index (χ3v) is 4.79. The number of aromatic amines is 1. The maximum absolute atomic E-state index is 15.0. The van der Waals surface area contributed by atoms with Gasteiger partial charge in [0, 0.05) is 23.4 Å². The summed E-state index contributed by atoms with van der Waals surface area (Å²) in [5, 5.41) is 7.16. The molecule has 1 fully saturated rings. The van der Waals surface area contributed by atoms with Crippen LogP contribution in [0.1, 0.15) is 38.7 Å². The van der Waals surface area contributed by atoms with E-state index in [2.05, 4.69) is 20.6 Å². The van der Waals surface area contributed by atoms with Crippen LogP contribution in [-0.4, -0.2) is 45.0 Å². The van der Waals surface area contributed by atoms with Crippen LogP contribution in [0, 0.1) is 0 Å². The van der Waals surface area contributed by atoms with Crippen molar-refractivity contribution in [1.82, 2.24) is 15.6 Å². The van der Waals surface area contributed by atoms with Gasteiger partial charge in [-0.05, 0) is 74.7 Å². The van der Waals surface area contributed by atoms with E-state index in [-0.39, 0.29) is 11.4 Å². The predicted octanol–water partition coefficient (Wildman–Crippen LogP) is 3.39. The van der Waals surface area contributed by atoms with E-state index in [1.807, 2.05) is 32.1 Å². The number of benzene rings is 1. The zero-order valence-electron chi connectivity index (χ0n) is 18.6. The minimum absolute atomic E-state index is 0.150. The van der Waals surface area contributed by atoms with Gasteiger partial charge in [0.1, 0.15) is 5.83 Å².